The molecule has 10 heteroatoms. The minimum Gasteiger partial charge on any atom is -0.394 e. The van der Waals surface area contributed by atoms with E-state index in [1.54, 1.807) is 17.1 Å². The van der Waals surface area contributed by atoms with E-state index in [1.165, 1.54) is 0 Å². The summed E-state index contributed by atoms with van der Waals surface area (Å²) >= 11 is 0. The standard InChI is InChI=1S/C17H20FN7O2/c18-12-7-20-17(22-11-6-21-25(8-11)3-4-26)24-16(12)23-14-10-2-1-9(5-10)13(14)15(19)27/h1-2,6-10,13-14,26H,3-5H2,(H2,19,27)(H2,20,22,23,24)/t9-,10+,13+,14-/m1/s1. The summed E-state index contributed by atoms with van der Waals surface area (Å²) < 4.78 is 15.8. The lowest BCUT2D eigenvalue weighted by atomic mass is 9.88. The van der Waals surface area contributed by atoms with E-state index in [2.05, 4.69) is 25.7 Å². The third-order valence-corrected chi connectivity index (χ3v) is 5.05. The highest BCUT2D eigenvalue weighted by Crippen LogP contribution is 2.44. The van der Waals surface area contributed by atoms with Gasteiger partial charge >= 0.3 is 0 Å². The van der Waals surface area contributed by atoms with Crippen molar-refractivity contribution in [3.63, 3.8) is 0 Å². The number of amides is 1. The van der Waals surface area contributed by atoms with Crippen LogP contribution in [0.15, 0.2) is 30.7 Å². The number of rotatable bonds is 7. The van der Waals surface area contributed by atoms with Crippen molar-refractivity contribution in [2.45, 2.75) is 19.0 Å². The van der Waals surface area contributed by atoms with Gasteiger partial charge in [-0.05, 0) is 18.3 Å². The molecule has 5 N–H and O–H groups in total. The van der Waals surface area contributed by atoms with Crippen molar-refractivity contribution in [1.82, 2.24) is 19.7 Å². The molecule has 4 rings (SSSR count). The number of aliphatic hydroxyl groups excluding tert-OH is 1. The maximum Gasteiger partial charge on any atom is 0.229 e. The van der Waals surface area contributed by atoms with Crippen molar-refractivity contribution in [2.24, 2.45) is 23.5 Å². The average Bonchev–Trinajstić information content (AvgIpc) is 3.34. The molecule has 0 aromatic carbocycles. The van der Waals surface area contributed by atoms with Gasteiger partial charge in [0.1, 0.15) is 0 Å². The van der Waals surface area contributed by atoms with E-state index in [0.717, 1.165) is 12.6 Å². The molecule has 142 valence electrons. The number of halogens is 1. The predicted octanol–water partition coefficient (Wildman–Crippen LogP) is 0.636. The Labute approximate surface area is 154 Å². The first kappa shape index (κ1) is 17.4. The SMILES string of the molecule is NC(=O)[C@@H]1[C@H](Nc2nc(Nc3cnn(CCO)c3)ncc2F)[C@H]2C=C[C@@H]1C2. The molecule has 2 aliphatic rings. The second-order valence-corrected chi connectivity index (χ2v) is 6.78. The van der Waals surface area contributed by atoms with Crippen LogP contribution < -0.4 is 16.4 Å². The summed E-state index contributed by atoms with van der Waals surface area (Å²) in [6.45, 7) is 0.340. The van der Waals surface area contributed by atoms with Gasteiger partial charge in [-0.1, -0.05) is 12.2 Å². The Balaban J connectivity index is 1.52. The first-order valence-corrected chi connectivity index (χ1v) is 8.72. The van der Waals surface area contributed by atoms with Crippen LogP contribution >= 0.6 is 0 Å². The molecule has 2 aliphatic carbocycles. The second kappa shape index (κ2) is 6.95. The molecule has 0 aliphatic heterocycles. The van der Waals surface area contributed by atoms with Gasteiger partial charge < -0.3 is 21.5 Å². The number of nitrogens with two attached hydrogens (primary N) is 1. The summed E-state index contributed by atoms with van der Waals surface area (Å²) in [5.41, 5.74) is 6.16. The average molecular weight is 373 g/mol. The highest BCUT2D eigenvalue weighted by Gasteiger charge is 2.47. The van der Waals surface area contributed by atoms with E-state index in [0.29, 0.717) is 12.2 Å². The van der Waals surface area contributed by atoms with Crippen molar-refractivity contribution >= 4 is 23.4 Å². The van der Waals surface area contributed by atoms with Gasteiger partial charge in [0.05, 0.1) is 37.2 Å². The van der Waals surface area contributed by atoms with Crippen LogP contribution in [0.3, 0.4) is 0 Å². The van der Waals surface area contributed by atoms with Gasteiger partial charge in [0.25, 0.3) is 0 Å². The first-order valence-electron chi connectivity index (χ1n) is 8.72. The smallest absolute Gasteiger partial charge is 0.229 e. The van der Waals surface area contributed by atoms with Gasteiger partial charge in [-0.3, -0.25) is 9.48 Å². The molecule has 0 saturated heterocycles. The molecule has 2 bridgehead atoms. The normalized spacial score (nSPS) is 25.7. The highest BCUT2D eigenvalue weighted by molar-refractivity contribution is 5.79. The quantitative estimate of drug-likeness (QED) is 0.524. The maximum absolute atomic E-state index is 14.2. The Bertz CT molecular complexity index is 884. The van der Waals surface area contributed by atoms with Crippen LogP contribution in [0, 0.1) is 23.6 Å². The third kappa shape index (κ3) is 3.35. The number of hydrogen-bond acceptors (Lipinski definition) is 7. The molecule has 1 amide bonds. The minimum absolute atomic E-state index is 0.0208. The van der Waals surface area contributed by atoms with E-state index < -0.39 is 11.7 Å². The van der Waals surface area contributed by atoms with Gasteiger partial charge in [-0.2, -0.15) is 10.1 Å². The molecule has 2 aromatic heterocycles. The maximum atomic E-state index is 14.2. The monoisotopic (exact) mass is 373 g/mol. The molecule has 2 aromatic rings. The Hall–Kier alpha value is -3.01. The Morgan fingerprint density at radius 2 is 2.19 bits per heavy atom. The topological polar surface area (TPSA) is 131 Å². The minimum atomic E-state index is -0.605. The molecule has 9 nitrogen and oxygen atoms in total. The second-order valence-electron chi connectivity index (χ2n) is 6.78. The van der Waals surface area contributed by atoms with Crippen molar-refractivity contribution in [3.05, 3.63) is 36.6 Å². The molecule has 1 saturated carbocycles. The summed E-state index contributed by atoms with van der Waals surface area (Å²) in [7, 11) is 0. The number of aliphatic hydroxyl groups is 1. The van der Waals surface area contributed by atoms with Crippen molar-refractivity contribution in [1.29, 1.82) is 0 Å². The summed E-state index contributed by atoms with van der Waals surface area (Å²) in [5, 5.41) is 19.0. The number of allylic oxidation sites excluding steroid dienone is 1. The lowest BCUT2D eigenvalue weighted by Gasteiger charge is -2.27. The van der Waals surface area contributed by atoms with Crippen LogP contribution in [0.2, 0.25) is 0 Å². The number of carbonyl (C=O) groups is 1. The Kier molecular flexibility index (Phi) is 4.48. The fourth-order valence-electron chi connectivity index (χ4n) is 3.88. The third-order valence-electron chi connectivity index (χ3n) is 5.05. The summed E-state index contributed by atoms with van der Waals surface area (Å²) in [6.07, 6.45) is 9.17. The number of aromatic nitrogens is 4. The van der Waals surface area contributed by atoms with Crippen molar-refractivity contribution in [3.8, 4) is 0 Å². The van der Waals surface area contributed by atoms with Gasteiger partial charge in [0, 0.05) is 12.2 Å². The van der Waals surface area contributed by atoms with E-state index >= 15 is 0 Å². The zero-order valence-electron chi connectivity index (χ0n) is 14.4. The van der Waals surface area contributed by atoms with Gasteiger partial charge in [0.15, 0.2) is 11.6 Å². The van der Waals surface area contributed by atoms with E-state index in [1.807, 2.05) is 12.2 Å². The number of hydrogen-bond donors (Lipinski definition) is 4. The molecule has 0 unspecified atom stereocenters. The zero-order valence-corrected chi connectivity index (χ0v) is 14.4. The van der Waals surface area contributed by atoms with E-state index in [-0.39, 0.29) is 42.2 Å². The fraction of sp³-hybridized carbons (Fsp3) is 0.412. The van der Waals surface area contributed by atoms with Crippen LogP contribution in [-0.4, -0.2) is 43.4 Å². The van der Waals surface area contributed by atoms with Crippen molar-refractivity contribution in [2.75, 3.05) is 17.2 Å². The number of nitrogens with one attached hydrogen (secondary N) is 2. The number of carbonyl (C=O) groups excluding carboxylic acids is 1. The van der Waals surface area contributed by atoms with Crippen LogP contribution in [0.4, 0.5) is 21.8 Å². The molecular formula is C17H20FN7O2. The zero-order chi connectivity index (χ0) is 19.0. The molecule has 27 heavy (non-hydrogen) atoms. The van der Waals surface area contributed by atoms with Gasteiger partial charge in [-0.15, -0.1) is 0 Å². The Morgan fingerprint density at radius 3 is 2.96 bits per heavy atom. The fourth-order valence-corrected chi connectivity index (χ4v) is 3.88. The number of anilines is 3. The van der Waals surface area contributed by atoms with E-state index in [4.69, 9.17) is 10.8 Å². The summed E-state index contributed by atoms with van der Waals surface area (Å²) in [4.78, 5) is 20.0. The first-order chi connectivity index (χ1) is 13.0. The molecular weight excluding hydrogens is 353 g/mol. The molecule has 4 atom stereocenters. The van der Waals surface area contributed by atoms with Crippen LogP contribution in [0.5, 0.6) is 0 Å². The molecule has 0 spiro atoms. The van der Waals surface area contributed by atoms with Gasteiger partial charge in [-0.25, -0.2) is 9.37 Å². The van der Waals surface area contributed by atoms with Gasteiger partial charge in [0.2, 0.25) is 11.9 Å². The number of fused-ring (bicyclic) bond motifs is 2. The van der Waals surface area contributed by atoms with Crippen LogP contribution in [0.25, 0.3) is 0 Å². The predicted molar refractivity (Wildman–Crippen MR) is 95.4 cm³/mol. The molecule has 1 fully saturated rings. The summed E-state index contributed by atoms with van der Waals surface area (Å²) in [5.74, 6) is -0.966. The molecule has 2 heterocycles. The molecule has 0 radical (unpaired) electrons. The lowest BCUT2D eigenvalue weighted by Crippen LogP contribution is -2.41. The number of primary amides is 1. The number of nitrogens with zero attached hydrogens (tertiary/aromatic N) is 4. The lowest BCUT2D eigenvalue weighted by molar-refractivity contribution is -0.122. The Morgan fingerprint density at radius 1 is 1.37 bits per heavy atom. The van der Waals surface area contributed by atoms with Crippen molar-refractivity contribution < 1.29 is 14.3 Å². The van der Waals surface area contributed by atoms with Crippen LogP contribution in [0.1, 0.15) is 6.42 Å². The largest absolute Gasteiger partial charge is 0.394 e. The summed E-state index contributed by atoms with van der Waals surface area (Å²) in [6, 6.07) is -0.290. The van der Waals surface area contributed by atoms with Crippen LogP contribution in [-0.2, 0) is 11.3 Å². The van der Waals surface area contributed by atoms with E-state index in [9.17, 15) is 9.18 Å². The highest BCUT2D eigenvalue weighted by atomic mass is 19.1.